The summed E-state index contributed by atoms with van der Waals surface area (Å²) in [6.45, 7) is 1.93. The summed E-state index contributed by atoms with van der Waals surface area (Å²) < 4.78 is 13.2. The second-order valence-electron chi connectivity index (χ2n) is 4.33. The van der Waals surface area contributed by atoms with Crippen molar-refractivity contribution in [1.29, 1.82) is 5.26 Å². The third-order valence-corrected chi connectivity index (χ3v) is 2.91. The number of hydrogen-bond donors (Lipinski definition) is 2. The fourth-order valence-electron chi connectivity index (χ4n) is 1.85. The molecule has 0 aliphatic carbocycles. The lowest BCUT2D eigenvalue weighted by molar-refractivity contribution is 0.623. The first-order valence-corrected chi connectivity index (χ1v) is 5.92. The predicted octanol–water partition coefficient (Wildman–Crippen LogP) is 3.45. The number of nitrogens with two attached hydrogens (primary N) is 1. The van der Waals surface area contributed by atoms with Crippen LogP contribution in [0.25, 0.3) is 0 Å². The predicted molar refractivity (Wildman–Crippen MR) is 74.0 cm³/mol. The molecule has 1 atom stereocenters. The molecule has 0 aliphatic heterocycles. The molecule has 0 amide bonds. The number of nitrogen functional groups attached to an aromatic ring is 1. The lowest BCUT2D eigenvalue weighted by Gasteiger charge is -2.16. The van der Waals surface area contributed by atoms with Crippen molar-refractivity contribution in [2.45, 2.75) is 13.0 Å². The molecule has 0 saturated carbocycles. The lowest BCUT2D eigenvalue weighted by Crippen LogP contribution is -2.07. The molecule has 2 aromatic carbocycles. The van der Waals surface area contributed by atoms with Crippen LogP contribution in [0.1, 0.15) is 24.1 Å². The number of rotatable bonds is 3. The van der Waals surface area contributed by atoms with E-state index >= 15 is 0 Å². The van der Waals surface area contributed by atoms with Gasteiger partial charge >= 0.3 is 0 Å². The van der Waals surface area contributed by atoms with Crippen LogP contribution in [0, 0.1) is 17.1 Å². The van der Waals surface area contributed by atoms with Gasteiger partial charge in [0.15, 0.2) is 0 Å². The van der Waals surface area contributed by atoms with Crippen molar-refractivity contribution >= 4 is 11.4 Å². The second kappa shape index (κ2) is 5.40. The highest BCUT2D eigenvalue weighted by molar-refractivity contribution is 5.62. The van der Waals surface area contributed by atoms with Gasteiger partial charge in [-0.15, -0.1) is 0 Å². The number of anilines is 2. The van der Waals surface area contributed by atoms with Crippen LogP contribution < -0.4 is 11.1 Å². The minimum absolute atomic E-state index is 0.0640. The van der Waals surface area contributed by atoms with E-state index < -0.39 is 0 Å². The average molecular weight is 255 g/mol. The van der Waals surface area contributed by atoms with Gasteiger partial charge < -0.3 is 11.1 Å². The van der Waals surface area contributed by atoms with E-state index in [2.05, 4.69) is 5.32 Å². The summed E-state index contributed by atoms with van der Waals surface area (Å²) in [6.07, 6.45) is 0. The van der Waals surface area contributed by atoms with E-state index in [-0.39, 0.29) is 11.9 Å². The molecule has 0 aliphatic rings. The number of benzene rings is 2. The average Bonchev–Trinajstić information content (AvgIpc) is 2.41. The Kier molecular flexibility index (Phi) is 3.67. The summed E-state index contributed by atoms with van der Waals surface area (Å²) in [5, 5.41) is 12.1. The van der Waals surface area contributed by atoms with E-state index in [1.165, 1.54) is 12.1 Å². The number of hydrogen-bond acceptors (Lipinski definition) is 3. The van der Waals surface area contributed by atoms with E-state index in [0.717, 1.165) is 11.3 Å². The maximum Gasteiger partial charge on any atom is 0.123 e. The van der Waals surface area contributed by atoms with Crippen LogP contribution in [0.3, 0.4) is 0 Å². The highest BCUT2D eigenvalue weighted by Gasteiger charge is 2.07. The number of nitrogens with zero attached hydrogens (tertiary/aromatic N) is 1. The summed E-state index contributed by atoms with van der Waals surface area (Å²) in [6, 6.07) is 13.6. The van der Waals surface area contributed by atoms with Crippen LogP contribution in [-0.2, 0) is 0 Å². The highest BCUT2D eigenvalue weighted by Crippen LogP contribution is 2.22. The van der Waals surface area contributed by atoms with E-state index in [1.54, 1.807) is 24.3 Å². The molecule has 1 unspecified atom stereocenters. The van der Waals surface area contributed by atoms with Gasteiger partial charge in [-0.1, -0.05) is 12.1 Å². The molecule has 0 aromatic heterocycles. The monoisotopic (exact) mass is 255 g/mol. The van der Waals surface area contributed by atoms with Gasteiger partial charge in [0.1, 0.15) is 11.9 Å². The number of halogens is 1. The van der Waals surface area contributed by atoms with Gasteiger partial charge in [-0.2, -0.15) is 5.26 Å². The van der Waals surface area contributed by atoms with Crippen LogP contribution in [0.4, 0.5) is 15.8 Å². The smallest absolute Gasteiger partial charge is 0.123 e. The van der Waals surface area contributed by atoms with Crippen molar-refractivity contribution in [3.8, 4) is 6.07 Å². The molecule has 0 heterocycles. The number of nitrogens with one attached hydrogen (secondary N) is 1. The van der Waals surface area contributed by atoms with E-state index in [0.29, 0.717) is 11.3 Å². The number of nitriles is 1. The molecule has 19 heavy (non-hydrogen) atoms. The standard InChI is InChI=1S/C15H14FN3/c1-10(11-3-2-4-13(16)7-11)19-14-5-6-15(18)12(8-14)9-17/h2-8,10,19H,18H2,1H3. The molecule has 0 bridgehead atoms. The van der Waals surface area contributed by atoms with E-state index in [1.807, 2.05) is 19.1 Å². The van der Waals surface area contributed by atoms with Gasteiger partial charge in [0.05, 0.1) is 5.56 Å². The fourth-order valence-corrected chi connectivity index (χ4v) is 1.85. The van der Waals surface area contributed by atoms with Crippen molar-refractivity contribution in [1.82, 2.24) is 0 Å². The molecular formula is C15H14FN3. The van der Waals surface area contributed by atoms with Crippen LogP contribution >= 0.6 is 0 Å². The largest absolute Gasteiger partial charge is 0.398 e. The molecule has 4 heteroatoms. The fraction of sp³-hybridized carbons (Fsp3) is 0.133. The topological polar surface area (TPSA) is 61.8 Å². The van der Waals surface area contributed by atoms with Crippen LogP contribution in [0.2, 0.25) is 0 Å². The molecule has 2 rings (SSSR count). The van der Waals surface area contributed by atoms with Crippen molar-refractivity contribution in [2.24, 2.45) is 0 Å². The normalized spacial score (nSPS) is 11.6. The Balaban J connectivity index is 2.20. The summed E-state index contributed by atoms with van der Waals surface area (Å²) in [5.74, 6) is -0.263. The zero-order valence-corrected chi connectivity index (χ0v) is 10.5. The Labute approximate surface area is 111 Å². The van der Waals surface area contributed by atoms with Gasteiger partial charge in [-0.3, -0.25) is 0 Å². The van der Waals surface area contributed by atoms with Crippen LogP contribution in [0.15, 0.2) is 42.5 Å². The summed E-state index contributed by atoms with van der Waals surface area (Å²) in [7, 11) is 0. The van der Waals surface area contributed by atoms with Crippen molar-refractivity contribution in [3.63, 3.8) is 0 Å². The van der Waals surface area contributed by atoms with Crippen molar-refractivity contribution < 1.29 is 4.39 Å². The SMILES string of the molecule is CC(Nc1ccc(N)c(C#N)c1)c1cccc(F)c1. The molecule has 0 fully saturated rings. The summed E-state index contributed by atoms with van der Waals surface area (Å²) >= 11 is 0. The molecule has 0 saturated heterocycles. The molecule has 2 aromatic rings. The van der Waals surface area contributed by atoms with Crippen LogP contribution in [0.5, 0.6) is 0 Å². The first-order chi connectivity index (χ1) is 9.10. The minimum Gasteiger partial charge on any atom is -0.398 e. The van der Waals surface area contributed by atoms with E-state index in [9.17, 15) is 4.39 Å². The Morgan fingerprint density at radius 2 is 2.05 bits per heavy atom. The molecule has 96 valence electrons. The first kappa shape index (κ1) is 12.9. The van der Waals surface area contributed by atoms with Gasteiger partial charge in [0.2, 0.25) is 0 Å². The highest BCUT2D eigenvalue weighted by atomic mass is 19.1. The summed E-state index contributed by atoms with van der Waals surface area (Å²) in [4.78, 5) is 0. The van der Waals surface area contributed by atoms with Gasteiger partial charge in [-0.05, 0) is 42.8 Å². The molecule has 3 N–H and O–H groups in total. The maximum absolute atomic E-state index is 13.2. The third-order valence-electron chi connectivity index (χ3n) is 2.91. The quantitative estimate of drug-likeness (QED) is 0.826. The molecular weight excluding hydrogens is 241 g/mol. The Morgan fingerprint density at radius 3 is 2.74 bits per heavy atom. The second-order valence-corrected chi connectivity index (χ2v) is 4.33. The lowest BCUT2D eigenvalue weighted by atomic mass is 10.1. The minimum atomic E-state index is -0.263. The van der Waals surface area contributed by atoms with Gasteiger partial charge in [0, 0.05) is 17.4 Å². The van der Waals surface area contributed by atoms with Crippen molar-refractivity contribution in [3.05, 3.63) is 59.4 Å². The molecule has 0 radical (unpaired) electrons. The maximum atomic E-state index is 13.2. The zero-order valence-electron chi connectivity index (χ0n) is 10.5. The van der Waals surface area contributed by atoms with E-state index in [4.69, 9.17) is 11.0 Å². The summed E-state index contributed by atoms with van der Waals surface area (Å²) in [5.41, 5.74) is 8.16. The van der Waals surface area contributed by atoms with Crippen molar-refractivity contribution in [2.75, 3.05) is 11.1 Å². The van der Waals surface area contributed by atoms with Gasteiger partial charge in [0.25, 0.3) is 0 Å². The van der Waals surface area contributed by atoms with Crippen LogP contribution in [-0.4, -0.2) is 0 Å². The van der Waals surface area contributed by atoms with Gasteiger partial charge in [-0.25, -0.2) is 4.39 Å². The third kappa shape index (κ3) is 3.02. The zero-order chi connectivity index (χ0) is 13.8. The molecule has 3 nitrogen and oxygen atoms in total. The Morgan fingerprint density at radius 1 is 1.26 bits per heavy atom. The Bertz CT molecular complexity index is 632. The Hall–Kier alpha value is -2.54. The first-order valence-electron chi connectivity index (χ1n) is 5.92. The molecule has 0 spiro atoms.